The predicted octanol–water partition coefficient (Wildman–Crippen LogP) is 6.38. The molecule has 0 amide bonds. The zero-order valence-electron chi connectivity index (χ0n) is 26.2. The summed E-state index contributed by atoms with van der Waals surface area (Å²) in [5.41, 5.74) is -0.235. The van der Waals surface area contributed by atoms with E-state index in [1.165, 1.54) is 39.5 Å². The predicted molar refractivity (Wildman–Crippen MR) is 172 cm³/mol. The van der Waals surface area contributed by atoms with Crippen molar-refractivity contribution in [2.45, 2.75) is 51.0 Å². The quantitative estimate of drug-likeness (QED) is 0.113. The molecule has 1 aliphatic rings. The molecule has 10 nitrogen and oxygen atoms in total. The number of allylic oxidation sites excluding steroid dienone is 1. The fourth-order valence-corrected chi connectivity index (χ4v) is 6.59. The van der Waals surface area contributed by atoms with Gasteiger partial charge < -0.3 is 38.6 Å². The van der Waals surface area contributed by atoms with Gasteiger partial charge in [0.1, 0.15) is 34.2 Å². The number of hydrogen-bond acceptors (Lipinski definition) is 9. The number of aromatic hydroxyl groups is 2. The Morgan fingerprint density at radius 1 is 0.978 bits per heavy atom. The molecule has 45 heavy (non-hydrogen) atoms. The molecule has 2 aromatic heterocycles. The van der Waals surface area contributed by atoms with Crippen LogP contribution >= 0.6 is 0 Å². The number of H-pyrrole nitrogens is 1. The number of methoxy groups -OCH3 is 3. The number of hydrogen-bond donors (Lipinski definition) is 3. The molecule has 0 bridgehead atoms. The number of aromatic amines is 1. The third-order valence-electron chi connectivity index (χ3n) is 8.76. The second kappa shape index (κ2) is 10.2. The van der Waals surface area contributed by atoms with Gasteiger partial charge in [0.05, 0.1) is 48.5 Å². The first-order chi connectivity index (χ1) is 21.3. The summed E-state index contributed by atoms with van der Waals surface area (Å²) in [5.74, 6) is 0.302. The highest BCUT2D eigenvalue weighted by Crippen LogP contribution is 2.57. The molecule has 0 radical (unpaired) electrons. The third kappa shape index (κ3) is 4.38. The van der Waals surface area contributed by atoms with Crippen molar-refractivity contribution in [2.24, 2.45) is 0 Å². The largest absolute Gasteiger partial charge is 0.507 e. The molecular formula is C35H35NO9. The molecule has 0 fully saturated rings. The molecule has 3 aromatic carbocycles. The number of phenols is 2. The van der Waals surface area contributed by atoms with Gasteiger partial charge in [-0.2, -0.15) is 0 Å². The van der Waals surface area contributed by atoms with Gasteiger partial charge in [0.2, 0.25) is 5.43 Å². The SMILES string of the molecule is C=CC(C)(C)c1c2c(c(O)c3ccc(=O)oc13)[C@H](c1c(OC)cc(O)c3c(=O)c4ccc(OC)c(OC)c4[nH]c13)CC(C)(C)O2. The van der Waals surface area contributed by atoms with E-state index >= 15 is 0 Å². The molecule has 10 heteroatoms. The summed E-state index contributed by atoms with van der Waals surface area (Å²) < 4.78 is 29.3. The van der Waals surface area contributed by atoms with Crippen molar-refractivity contribution in [3.63, 3.8) is 0 Å². The van der Waals surface area contributed by atoms with Crippen LogP contribution in [0.15, 0.2) is 57.0 Å². The maximum Gasteiger partial charge on any atom is 0.336 e. The monoisotopic (exact) mass is 613 g/mol. The minimum Gasteiger partial charge on any atom is -0.507 e. The minimum absolute atomic E-state index is 0.0503. The molecule has 0 saturated carbocycles. The number of ether oxygens (including phenoxy) is 4. The molecule has 5 aromatic rings. The van der Waals surface area contributed by atoms with E-state index in [9.17, 15) is 19.8 Å². The standard InChI is InChI=1S/C35H35NO9/c1-9-34(2,3)26-31-17(11-13-22(38)44-31)30(40)24-18(15-35(4,5)45-33(24)26)23-21(42-7)14-19(37)25-28(23)36-27-16(29(25)39)10-12-20(41-6)32(27)43-8/h9-14,18,37,40H,1,15H2,2-8H3,(H,36,39)/t18-/m0/s1. The Labute approximate surface area is 258 Å². The molecule has 0 spiro atoms. The summed E-state index contributed by atoms with van der Waals surface area (Å²) in [5, 5.41) is 23.8. The Kier molecular flexibility index (Phi) is 6.80. The maximum absolute atomic E-state index is 14.0. The zero-order valence-corrected chi connectivity index (χ0v) is 26.2. The number of aromatic nitrogens is 1. The van der Waals surface area contributed by atoms with E-state index in [4.69, 9.17) is 23.4 Å². The smallest absolute Gasteiger partial charge is 0.336 e. The van der Waals surface area contributed by atoms with Crippen LogP contribution in [0.5, 0.6) is 34.5 Å². The molecule has 0 saturated heterocycles. The molecular weight excluding hydrogens is 578 g/mol. The van der Waals surface area contributed by atoms with Gasteiger partial charge in [0, 0.05) is 40.2 Å². The molecule has 3 heterocycles. The van der Waals surface area contributed by atoms with E-state index in [0.717, 1.165) is 0 Å². The fraction of sp³-hybridized carbons (Fsp3) is 0.314. The maximum atomic E-state index is 14.0. The summed E-state index contributed by atoms with van der Waals surface area (Å²) in [6.45, 7) is 11.7. The normalized spacial score (nSPS) is 15.9. The Hall–Kier alpha value is -5.12. The third-order valence-corrected chi connectivity index (χ3v) is 8.76. The van der Waals surface area contributed by atoms with E-state index in [2.05, 4.69) is 11.6 Å². The van der Waals surface area contributed by atoms with Gasteiger partial charge in [0.15, 0.2) is 11.5 Å². The summed E-state index contributed by atoms with van der Waals surface area (Å²) in [6.07, 6.45) is 2.07. The Morgan fingerprint density at radius 3 is 2.31 bits per heavy atom. The average molecular weight is 614 g/mol. The molecule has 3 N–H and O–H groups in total. The van der Waals surface area contributed by atoms with E-state index in [1.807, 2.05) is 27.7 Å². The molecule has 0 unspecified atom stereocenters. The van der Waals surface area contributed by atoms with E-state index < -0.39 is 28.0 Å². The molecule has 1 aliphatic heterocycles. The van der Waals surface area contributed by atoms with Gasteiger partial charge in [0.25, 0.3) is 0 Å². The number of rotatable bonds is 6. The lowest BCUT2D eigenvalue weighted by Crippen LogP contribution is -2.37. The summed E-state index contributed by atoms with van der Waals surface area (Å²) in [4.78, 5) is 29.8. The van der Waals surface area contributed by atoms with E-state index in [1.54, 1.807) is 18.2 Å². The minimum atomic E-state index is -0.813. The van der Waals surface area contributed by atoms with Crippen molar-refractivity contribution >= 4 is 32.8 Å². The van der Waals surface area contributed by atoms with Gasteiger partial charge in [-0.3, -0.25) is 4.79 Å². The lowest BCUT2D eigenvalue weighted by atomic mass is 9.73. The Bertz CT molecular complexity index is 2170. The van der Waals surface area contributed by atoms with Crippen LogP contribution in [0, 0.1) is 0 Å². The molecule has 234 valence electrons. The van der Waals surface area contributed by atoms with E-state index in [0.29, 0.717) is 56.8 Å². The van der Waals surface area contributed by atoms with Gasteiger partial charge in [-0.15, -0.1) is 6.58 Å². The van der Waals surface area contributed by atoms with Crippen LogP contribution in [-0.2, 0) is 5.41 Å². The number of fused-ring (bicyclic) bond motifs is 4. The number of phenolic OH excluding ortho intramolecular Hbond substituents is 2. The average Bonchev–Trinajstić information content (AvgIpc) is 2.99. The van der Waals surface area contributed by atoms with Crippen LogP contribution in [-0.4, -0.2) is 42.1 Å². The zero-order chi connectivity index (χ0) is 32.6. The van der Waals surface area contributed by atoms with Crippen molar-refractivity contribution in [1.29, 1.82) is 0 Å². The number of nitrogens with one attached hydrogen (secondary N) is 1. The van der Waals surface area contributed by atoms with Crippen molar-refractivity contribution in [1.82, 2.24) is 4.98 Å². The Balaban J connectivity index is 1.84. The van der Waals surface area contributed by atoms with Crippen LogP contribution in [0.3, 0.4) is 0 Å². The summed E-state index contributed by atoms with van der Waals surface area (Å²) in [7, 11) is 4.45. The highest BCUT2D eigenvalue weighted by atomic mass is 16.5. The van der Waals surface area contributed by atoms with Crippen molar-refractivity contribution in [3.05, 3.63) is 80.3 Å². The highest BCUT2D eigenvalue weighted by Gasteiger charge is 2.44. The topological polar surface area (TPSA) is 140 Å². The van der Waals surface area contributed by atoms with Crippen LogP contribution in [0.4, 0.5) is 0 Å². The van der Waals surface area contributed by atoms with Gasteiger partial charge in [-0.05, 0) is 38.5 Å². The fourth-order valence-electron chi connectivity index (χ4n) is 6.59. The molecule has 6 rings (SSSR count). The summed E-state index contributed by atoms with van der Waals surface area (Å²) >= 11 is 0. The van der Waals surface area contributed by atoms with Crippen LogP contribution in [0.2, 0.25) is 0 Å². The Morgan fingerprint density at radius 2 is 1.67 bits per heavy atom. The van der Waals surface area contributed by atoms with Gasteiger partial charge >= 0.3 is 5.63 Å². The van der Waals surface area contributed by atoms with Crippen LogP contribution in [0.1, 0.15) is 56.7 Å². The second-order valence-corrected chi connectivity index (χ2v) is 12.4. The van der Waals surface area contributed by atoms with Crippen molar-refractivity contribution in [3.8, 4) is 34.5 Å². The highest BCUT2D eigenvalue weighted by molar-refractivity contribution is 6.01. The lowest BCUT2D eigenvalue weighted by Gasteiger charge is -2.41. The van der Waals surface area contributed by atoms with Gasteiger partial charge in [-0.1, -0.05) is 19.9 Å². The first-order valence-corrected chi connectivity index (χ1v) is 14.4. The molecule has 1 atom stereocenters. The van der Waals surface area contributed by atoms with Crippen LogP contribution < -0.4 is 30.0 Å². The second-order valence-electron chi connectivity index (χ2n) is 12.4. The summed E-state index contributed by atoms with van der Waals surface area (Å²) in [6, 6.07) is 7.43. The van der Waals surface area contributed by atoms with E-state index in [-0.39, 0.29) is 33.6 Å². The van der Waals surface area contributed by atoms with Crippen LogP contribution in [0.25, 0.3) is 32.8 Å². The molecule has 0 aliphatic carbocycles. The van der Waals surface area contributed by atoms with Gasteiger partial charge in [-0.25, -0.2) is 4.79 Å². The first-order valence-electron chi connectivity index (χ1n) is 14.4. The van der Waals surface area contributed by atoms with Crippen molar-refractivity contribution < 1.29 is 33.6 Å². The van der Waals surface area contributed by atoms with Crippen molar-refractivity contribution in [2.75, 3.05) is 21.3 Å². The number of pyridine rings is 1. The number of benzene rings is 3. The lowest BCUT2D eigenvalue weighted by molar-refractivity contribution is 0.0741. The first kappa shape index (κ1) is 29.9.